The van der Waals surface area contributed by atoms with E-state index in [1.807, 2.05) is 7.05 Å². The quantitative estimate of drug-likeness (QED) is 0.760. The number of ether oxygens (including phenoxy) is 1. The van der Waals surface area contributed by atoms with Gasteiger partial charge in [-0.15, -0.1) is 0 Å². The summed E-state index contributed by atoms with van der Waals surface area (Å²) >= 11 is 0. The van der Waals surface area contributed by atoms with Gasteiger partial charge in [0.1, 0.15) is 5.82 Å². The van der Waals surface area contributed by atoms with Gasteiger partial charge < -0.3 is 20.5 Å². The van der Waals surface area contributed by atoms with Crippen molar-refractivity contribution in [1.29, 1.82) is 0 Å². The fourth-order valence-electron chi connectivity index (χ4n) is 3.38. The van der Waals surface area contributed by atoms with Crippen LogP contribution in [0.15, 0.2) is 6.20 Å². The summed E-state index contributed by atoms with van der Waals surface area (Å²) in [5.41, 5.74) is 6.54. The van der Waals surface area contributed by atoms with Crippen molar-refractivity contribution in [2.75, 3.05) is 43.5 Å². The summed E-state index contributed by atoms with van der Waals surface area (Å²) in [6, 6.07) is 0. The molecule has 4 heterocycles. The van der Waals surface area contributed by atoms with Gasteiger partial charge in [-0.3, -0.25) is 4.68 Å². The Morgan fingerprint density at radius 3 is 3.14 bits per heavy atom. The van der Waals surface area contributed by atoms with Crippen LogP contribution in [-0.2, 0) is 11.8 Å². The molecule has 0 aromatic carbocycles. The number of fused-ring (bicyclic) bond motifs is 2. The molecule has 4 rings (SSSR count). The lowest BCUT2D eigenvalue weighted by Gasteiger charge is -2.24. The number of hydrogen-bond donors (Lipinski definition) is 2. The van der Waals surface area contributed by atoms with E-state index in [-0.39, 0.29) is 12.0 Å². The zero-order valence-electron chi connectivity index (χ0n) is 11.9. The lowest BCUT2D eigenvalue weighted by molar-refractivity contribution is 0.0988. The molecule has 0 amide bonds. The number of nitrogen functional groups attached to an aromatic ring is 1. The number of hydrogen-bond acceptors (Lipinski definition) is 7. The Balaban J connectivity index is 1.73. The van der Waals surface area contributed by atoms with Gasteiger partial charge in [0.2, 0.25) is 5.95 Å². The molecular weight excluding hydrogens is 272 g/mol. The summed E-state index contributed by atoms with van der Waals surface area (Å²) in [4.78, 5) is 11.1. The standard InChI is InChI=1S/C13H18N6O2/c1-18-11-9(2-15-18)10(14)16-12(17-11)19-3-8-4-21-7-13(8,5-19)6-20/h2,8,20H,3-7H2,1H3,(H2,14,16,17)/t8-,13-/m0/s1. The molecule has 2 aliphatic rings. The number of nitrogens with zero attached hydrogens (tertiary/aromatic N) is 5. The molecular formula is C13H18N6O2. The molecule has 0 radical (unpaired) electrons. The van der Waals surface area contributed by atoms with Crippen molar-refractivity contribution < 1.29 is 9.84 Å². The summed E-state index contributed by atoms with van der Waals surface area (Å²) in [6.07, 6.45) is 1.68. The first kappa shape index (κ1) is 12.8. The molecule has 0 bridgehead atoms. The summed E-state index contributed by atoms with van der Waals surface area (Å²) in [6.45, 7) is 2.87. The maximum Gasteiger partial charge on any atom is 0.229 e. The third kappa shape index (κ3) is 1.72. The highest BCUT2D eigenvalue weighted by atomic mass is 16.5. The van der Waals surface area contributed by atoms with E-state index < -0.39 is 0 Å². The largest absolute Gasteiger partial charge is 0.396 e. The van der Waals surface area contributed by atoms with E-state index in [0.29, 0.717) is 37.4 Å². The Bertz CT molecular complexity index is 701. The summed E-state index contributed by atoms with van der Waals surface area (Å²) in [7, 11) is 1.83. The lowest BCUT2D eigenvalue weighted by atomic mass is 9.82. The van der Waals surface area contributed by atoms with E-state index >= 15 is 0 Å². The van der Waals surface area contributed by atoms with E-state index in [0.717, 1.165) is 17.6 Å². The van der Waals surface area contributed by atoms with Gasteiger partial charge >= 0.3 is 0 Å². The minimum absolute atomic E-state index is 0.123. The van der Waals surface area contributed by atoms with Gasteiger partial charge in [0.05, 0.1) is 31.4 Å². The average Bonchev–Trinajstić information content (AvgIpc) is 3.11. The Morgan fingerprint density at radius 1 is 1.52 bits per heavy atom. The van der Waals surface area contributed by atoms with Crippen LogP contribution in [0.4, 0.5) is 11.8 Å². The second-order valence-corrected chi connectivity index (χ2v) is 6.03. The normalized spacial score (nSPS) is 28.5. The lowest BCUT2D eigenvalue weighted by Crippen LogP contribution is -2.34. The monoisotopic (exact) mass is 290 g/mol. The van der Waals surface area contributed by atoms with Crippen molar-refractivity contribution in [2.24, 2.45) is 18.4 Å². The van der Waals surface area contributed by atoms with E-state index in [2.05, 4.69) is 20.0 Å². The SMILES string of the molecule is Cn1ncc2c(N)nc(N3C[C@H]4COC[C@@]4(CO)C3)nc21. The van der Waals surface area contributed by atoms with Crippen LogP contribution >= 0.6 is 0 Å². The van der Waals surface area contributed by atoms with Gasteiger partial charge in [0.25, 0.3) is 0 Å². The molecule has 0 aliphatic carbocycles. The second kappa shape index (κ2) is 4.28. The van der Waals surface area contributed by atoms with Gasteiger partial charge in [0, 0.05) is 31.5 Å². The van der Waals surface area contributed by atoms with Crippen molar-refractivity contribution in [3.8, 4) is 0 Å². The van der Waals surface area contributed by atoms with Gasteiger partial charge in [-0.2, -0.15) is 15.1 Å². The Kier molecular flexibility index (Phi) is 2.61. The fraction of sp³-hybridized carbons (Fsp3) is 0.615. The van der Waals surface area contributed by atoms with Crippen LogP contribution in [0, 0.1) is 11.3 Å². The van der Waals surface area contributed by atoms with Crippen LogP contribution in [0.25, 0.3) is 11.0 Å². The Labute approximate surface area is 121 Å². The van der Waals surface area contributed by atoms with Crippen molar-refractivity contribution in [3.63, 3.8) is 0 Å². The number of nitrogens with two attached hydrogens (primary N) is 1. The molecule has 2 fully saturated rings. The smallest absolute Gasteiger partial charge is 0.229 e. The molecule has 21 heavy (non-hydrogen) atoms. The minimum Gasteiger partial charge on any atom is -0.396 e. The number of aliphatic hydroxyl groups excluding tert-OH is 1. The van der Waals surface area contributed by atoms with Crippen molar-refractivity contribution in [1.82, 2.24) is 19.7 Å². The molecule has 8 heteroatoms. The average molecular weight is 290 g/mol. The summed E-state index contributed by atoms with van der Waals surface area (Å²) < 4.78 is 7.22. The van der Waals surface area contributed by atoms with E-state index in [4.69, 9.17) is 10.5 Å². The molecule has 2 aromatic rings. The topological polar surface area (TPSA) is 102 Å². The molecule has 2 atom stereocenters. The van der Waals surface area contributed by atoms with Gasteiger partial charge in [0.15, 0.2) is 5.65 Å². The molecule has 0 spiro atoms. The fourth-order valence-corrected chi connectivity index (χ4v) is 3.38. The first-order valence-corrected chi connectivity index (χ1v) is 7.02. The van der Waals surface area contributed by atoms with Gasteiger partial charge in [-0.25, -0.2) is 0 Å². The van der Waals surface area contributed by atoms with Gasteiger partial charge in [-0.05, 0) is 0 Å². The first-order valence-electron chi connectivity index (χ1n) is 7.02. The zero-order chi connectivity index (χ0) is 14.6. The zero-order valence-corrected chi connectivity index (χ0v) is 11.9. The van der Waals surface area contributed by atoms with Crippen molar-refractivity contribution in [2.45, 2.75) is 0 Å². The molecule has 112 valence electrons. The second-order valence-electron chi connectivity index (χ2n) is 6.03. The maximum atomic E-state index is 9.74. The molecule has 2 aromatic heterocycles. The Morgan fingerprint density at radius 2 is 2.38 bits per heavy atom. The van der Waals surface area contributed by atoms with E-state index in [1.54, 1.807) is 10.9 Å². The molecule has 2 saturated heterocycles. The van der Waals surface area contributed by atoms with Crippen LogP contribution in [0.2, 0.25) is 0 Å². The van der Waals surface area contributed by atoms with E-state index in [9.17, 15) is 5.11 Å². The predicted molar refractivity (Wildman–Crippen MR) is 76.8 cm³/mol. The van der Waals surface area contributed by atoms with Crippen molar-refractivity contribution in [3.05, 3.63) is 6.20 Å². The Hall–Kier alpha value is -1.93. The third-order valence-electron chi connectivity index (χ3n) is 4.73. The van der Waals surface area contributed by atoms with Crippen LogP contribution in [0.3, 0.4) is 0 Å². The third-order valence-corrected chi connectivity index (χ3v) is 4.73. The molecule has 0 unspecified atom stereocenters. The van der Waals surface area contributed by atoms with Crippen LogP contribution in [-0.4, -0.2) is 57.8 Å². The molecule has 0 saturated carbocycles. The number of rotatable bonds is 2. The highest BCUT2D eigenvalue weighted by Crippen LogP contribution is 2.42. The minimum atomic E-state index is -0.195. The van der Waals surface area contributed by atoms with Gasteiger partial charge in [-0.1, -0.05) is 0 Å². The van der Waals surface area contributed by atoms with Crippen molar-refractivity contribution >= 4 is 22.8 Å². The number of aromatic nitrogens is 4. The number of aryl methyl sites for hydroxylation is 1. The number of aliphatic hydroxyl groups is 1. The molecule has 2 aliphatic heterocycles. The predicted octanol–water partition coefficient (Wildman–Crippen LogP) is -0.609. The maximum absolute atomic E-state index is 9.74. The molecule has 3 N–H and O–H groups in total. The summed E-state index contributed by atoms with van der Waals surface area (Å²) in [5, 5.41) is 14.7. The summed E-state index contributed by atoms with van der Waals surface area (Å²) in [5.74, 6) is 1.36. The van der Waals surface area contributed by atoms with E-state index in [1.165, 1.54) is 0 Å². The molecule has 8 nitrogen and oxygen atoms in total. The van der Waals surface area contributed by atoms with Crippen LogP contribution in [0.5, 0.6) is 0 Å². The highest BCUT2D eigenvalue weighted by molar-refractivity contribution is 5.86. The van der Waals surface area contributed by atoms with Crippen LogP contribution < -0.4 is 10.6 Å². The number of anilines is 2. The highest BCUT2D eigenvalue weighted by Gasteiger charge is 2.51. The van der Waals surface area contributed by atoms with Crippen LogP contribution in [0.1, 0.15) is 0 Å². The first-order chi connectivity index (χ1) is 10.1.